The number of aryl methyl sites for hydroxylation is 1. The lowest BCUT2D eigenvalue weighted by Gasteiger charge is -2.19. The second-order valence-corrected chi connectivity index (χ2v) is 6.61. The third kappa shape index (κ3) is 3.43. The largest absolute Gasteiger partial charge is 0.480 e. The summed E-state index contributed by atoms with van der Waals surface area (Å²) in [6.45, 7) is 3.64. The van der Waals surface area contributed by atoms with Crippen LogP contribution in [-0.4, -0.2) is 30.7 Å². The van der Waals surface area contributed by atoms with Gasteiger partial charge < -0.3 is 15.5 Å². The molecule has 2 heterocycles. The van der Waals surface area contributed by atoms with Crippen molar-refractivity contribution in [2.75, 3.05) is 5.32 Å². The molecule has 0 aliphatic carbocycles. The van der Waals surface area contributed by atoms with Gasteiger partial charge in [0.2, 0.25) is 0 Å². The van der Waals surface area contributed by atoms with E-state index in [1.54, 1.807) is 13.0 Å². The lowest BCUT2D eigenvalue weighted by atomic mass is 10.0. The first-order valence-electron chi connectivity index (χ1n) is 8.05. The number of aromatic nitrogens is 3. The molecule has 1 atom stereocenters. The zero-order chi connectivity index (χ0) is 19.9. The Kier molecular flexibility index (Phi) is 4.75. The second-order valence-electron chi connectivity index (χ2n) is 6.23. The first-order chi connectivity index (χ1) is 12.7. The monoisotopic (exact) mass is 388 g/mol. The number of pyridine rings is 1. The average molecular weight is 389 g/mol. The van der Waals surface area contributed by atoms with Crippen molar-refractivity contribution in [2.45, 2.75) is 19.9 Å². The number of anilines is 1. The fourth-order valence-corrected chi connectivity index (χ4v) is 3.04. The van der Waals surface area contributed by atoms with Gasteiger partial charge in [-0.3, -0.25) is 9.36 Å². The van der Waals surface area contributed by atoms with Crippen molar-refractivity contribution in [1.82, 2.24) is 14.5 Å². The van der Waals surface area contributed by atoms with Crippen molar-refractivity contribution >= 4 is 34.2 Å². The minimum Gasteiger partial charge on any atom is -0.480 e. The van der Waals surface area contributed by atoms with Crippen molar-refractivity contribution in [2.24, 2.45) is 7.05 Å². The Labute approximate surface area is 159 Å². The van der Waals surface area contributed by atoms with E-state index in [0.29, 0.717) is 16.5 Å². The van der Waals surface area contributed by atoms with E-state index in [-0.39, 0.29) is 22.1 Å². The van der Waals surface area contributed by atoms with Gasteiger partial charge in [0.1, 0.15) is 5.15 Å². The Morgan fingerprint density at radius 3 is 2.67 bits per heavy atom. The van der Waals surface area contributed by atoms with Gasteiger partial charge >= 0.3 is 5.97 Å². The smallest absolute Gasteiger partial charge is 0.356 e. The van der Waals surface area contributed by atoms with Gasteiger partial charge in [-0.15, -0.1) is 0 Å². The molecule has 0 amide bonds. The molecule has 8 nitrogen and oxygen atoms in total. The van der Waals surface area contributed by atoms with Crippen LogP contribution in [0.15, 0.2) is 29.1 Å². The van der Waals surface area contributed by atoms with Crippen LogP contribution < -0.4 is 10.9 Å². The van der Waals surface area contributed by atoms with Crippen molar-refractivity contribution in [3.8, 4) is 6.01 Å². The Hall–Kier alpha value is -3.13. The summed E-state index contributed by atoms with van der Waals surface area (Å²) in [4.78, 5) is 31.9. The van der Waals surface area contributed by atoms with E-state index in [0.717, 1.165) is 10.1 Å². The van der Waals surface area contributed by atoms with Crippen molar-refractivity contribution in [3.63, 3.8) is 0 Å². The molecule has 0 spiro atoms. The zero-order valence-corrected chi connectivity index (χ0v) is 15.6. The molecular formula is C18H17ClN4O4. The van der Waals surface area contributed by atoms with Crippen molar-refractivity contribution < 1.29 is 15.0 Å². The van der Waals surface area contributed by atoms with E-state index in [1.807, 2.05) is 13.0 Å². The fourth-order valence-electron chi connectivity index (χ4n) is 2.90. The van der Waals surface area contributed by atoms with Crippen LogP contribution in [0.3, 0.4) is 0 Å². The lowest BCUT2D eigenvalue weighted by Crippen LogP contribution is -2.20. The SMILES string of the molecule is Cc1cc([C@H](C)Nc2ccc(Cl)nc2C(=O)O)c2nc(O)n(C)c(=O)c2c1. The molecule has 27 heavy (non-hydrogen) atoms. The van der Waals surface area contributed by atoms with E-state index < -0.39 is 18.0 Å². The molecule has 2 aromatic heterocycles. The highest BCUT2D eigenvalue weighted by Crippen LogP contribution is 2.28. The third-order valence-corrected chi connectivity index (χ3v) is 4.44. The molecule has 0 saturated carbocycles. The van der Waals surface area contributed by atoms with Crippen LogP contribution in [0.1, 0.15) is 34.6 Å². The fraction of sp³-hybridized carbons (Fsp3) is 0.222. The van der Waals surface area contributed by atoms with Gasteiger partial charge in [0.15, 0.2) is 5.69 Å². The predicted molar refractivity (Wildman–Crippen MR) is 102 cm³/mol. The predicted octanol–water partition coefficient (Wildman–Crippen LogP) is 2.87. The normalized spacial score (nSPS) is 12.1. The first-order valence-corrected chi connectivity index (χ1v) is 8.43. The number of hydrogen-bond donors (Lipinski definition) is 3. The van der Waals surface area contributed by atoms with E-state index in [2.05, 4.69) is 15.3 Å². The molecule has 0 fully saturated rings. The molecule has 3 rings (SSSR count). The Bertz CT molecular complexity index is 1130. The van der Waals surface area contributed by atoms with Crippen LogP contribution in [0, 0.1) is 6.92 Å². The average Bonchev–Trinajstić information content (AvgIpc) is 2.61. The maximum atomic E-state index is 12.5. The number of nitrogens with zero attached hydrogens (tertiary/aromatic N) is 3. The number of aromatic hydroxyl groups is 1. The first kappa shape index (κ1) is 18.7. The molecular weight excluding hydrogens is 372 g/mol. The highest BCUT2D eigenvalue weighted by molar-refractivity contribution is 6.29. The van der Waals surface area contributed by atoms with Crippen LogP contribution in [0.4, 0.5) is 5.69 Å². The van der Waals surface area contributed by atoms with Gasteiger partial charge in [0.25, 0.3) is 11.6 Å². The van der Waals surface area contributed by atoms with Gasteiger partial charge in [0, 0.05) is 12.6 Å². The summed E-state index contributed by atoms with van der Waals surface area (Å²) in [6.07, 6.45) is 0. The topological polar surface area (TPSA) is 117 Å². The van der Waals surface area contributed by atoms with Crippen LogP contribution in [0.25, 0.3) is 10.9 Å². The standard InChI is InChI=1S/C18H17ClN4O4/c1-8-6-10(14-11(7-8)16(24)23(3)18(27)22-14)9(2)20-12-4-5-13(19)21-15(12)17(25)26/h4-7,9,20H,1-3H3,(H,22,27)(H,25,26)/t9-/m0/s1. The summed E-state index contributed by atoms with van der Waals surface area (Å²) in [6, 6.07) is 5.72. The molecule has 3 aromatic rings. The Morgan fingerprint density at radius 2 is 2.00 bits per heavy atom. The van der Waals surface area contributed by atoms with Gasteiger partial charge in [-0.2, -0.15) is 4.98 Å². The summed E-state index contributed by atoms with van der Waals surface area (Å²) in [5, 5.41) is 22.8. The number of carbonyl (C=O) groups is 1. The highest BCUT2D eigenvalue weighted by atomic mass is 35.5. The second kappa shape index (κ2) is 6.88. The molecule has 0 unspecified atom stereocenters. The van der Waals surface area contributed by atoms with Gasteiger partial charge in [0.05, 0.1) is 22.6 Å². The number of rotatable bonds is 4. The van der Waals surface area contributed by atoms with Crippen LogP contribution >= 0.6 is 11.6 Å². The van der Waals surface area contributed by atoms with Crippen LogP contribution in [0.5, 0.6) is 6.01 Å². The lowest BCUT2D eigenvalue weighted by molar-refractivity contribution is 0.0691. The Balaban J connectivity index is 2.13. The maximum Gasteiger partial charge on any atom is 0.356 e. The molecule has 0 aliphatic heterocycles. The number of benzene rings is 1. The molecule has 9 heteroatoms. The maximum absolute atomic E-state index is 12.5. The Morgan fingerprint density at radius 1 is 1.30 bits per heavy atom. The minimum atomic E-state index is -1.22. The van der Waals surface area contributed by atoms with Crippen LogP contribution in [0.2, 0.25) is 5.15 Å². The molecule has 1 aromatic carbocycles. The summed E-state index contributed by atoms with van der Waals surface area (Å²) in [5.41, 5.74) is 1.53. The van der Waals surface area contributed by atoms with E-state index in [9.17, 15) is 19.8 Å². The van der Waals surface area contributed by atoms with E-state index in [4.69, 9.17) is 11.6 Å². The van der Waals surface area contributed by atoms with Crippen molar-refractivity contribution in [3.05, 3.63) is 56.6 Å². The number of hydrogen-bond acceptors (Lipinski definition) is 6. The summed E-state index contributed by atoms with van der Waals surface area (Å²) in [7, 11) is 1.44. The molecule has 0 bridgehead atoms. The number of carboxylic acids is 1. The van der Waals surface area contributed by atoms with Crippen molar-refractivity contribution in [1.29, 1.82) is 0 Å². The molecule has 0 aliphatic rings. The molecule has 140 valence electrons. The summed E-state index contributed by atoms with van der Waals surface area (Å²) >= 11 is 5.79. The molecule has 3 N–H and O–H groups in total. The van der Waals surface area contributed by atoms with Gasteiger partial charge in [-0.1, -0.05) is 17.7 Å². The van der Waals surface area contributed by atoms with Crippen LogP contribution in [-0.2, 0) is 7.05 Å². The number of halogens is 1. The van der Waals surface area contributed by atoms with E-state index >= 15 is 0 Å². The van der Waals surface area contributed by atoms with Gasteiger partial charge in [-0.25, -0.2) is 9.78 Å². The highest BCUT2D eigenvalue weighted by Gasteiger charge is 2.19. The summed E-state index contributed by atoms with van der Waals surface area (Å²) in [5.74, 6) is -1.22. The quantitative estimate of drug-likeness (QED) is 0.588. The number of fused-ring (bicyclic) bond motifs is 1. The van der Waals surface area contributed by atoms with Gasteiger partial charge in [-0.05, 0) is 37.6 Å². The molecule has 0 radical (unpaired) electrons. The van der Waals surface area contributed by atoms with E-state index in [1.165, 1.54) is 19.2 Å². The molecule has 0 saturated heterocycles. The number of nitrogens with one attached hydrogen (secondary N) is 1. The summed E-state index contributed by atoms with van der Waals surface area (Å²) < 4.78 is 1.06. The third-order valence-electron chi connectivity index (χ3n) is 4.23. The zero-order valence-electron chi connectivity index (χ0n) is 14.8. The number of aromatic carboxylic acids is 1. The number of carboxylic acid groups (broad SMARTS) is 1. The minimum absolute atomic E-state index is 0.0710.